The van der Waals surface area contributed by atoms with Gasteiger partial charge in [-0.1, -0.05) is 341 Å². The van der Waals surface area contributed by atoms with Gasteiger partial charge in [0.2, 0.25) is 0 Å². The number of ether oxygens (including phenoxy) is 1. The Hall–Kier alpha value is -0.790. The average molecular weight is 830 g/mol. The molecule has 0 amide bonds. The molecule has 0 radical (unpaired) electrons. The van der Waals surface area contributed by atoms with Crippen LogP contribution in [-0.2, 0) is 9.53 Å². The molecule has 2 heteroatoms. The van der Waals surface area contributed by atoms with E-state index in [-0.39, 0.29) is 5.97 Å². The number of unbranched alkanes of at least 4 members (excludes halogenated alkanes) is 51. The highest BCUT2D eigenvalue weighted by molar-refractivity contribution is 5.69. The molecule has 0 heterocycles. The quantitative estimate of drug-likeness (QED) is 0.0347. The molecule has 2 nitrogen and oxygen atoms in total. The first-order valence-corrected chi connectivity index (χ1v) is 28.1. The Labute approximate surface area is 374 Å². The van der Waals surface area contributed by atoms with Gasteiger partial charge in [-0.15, -0.1) is 0 Å². The number of carbonyl (C=O) groups is 1. The summed E-state index contributed by atoms with van der Waals surface area (Å²) >= 11 is 0. The van der Waals surface area contributed by atoms with Crippen molar-refractivity contribution in [3.8, 4) is 0 Å². The van der Waals surface area contributed by atoms with Gasteiger partial charge >= 0.3 is 5.97 Å². The van der Waals surface area contributed by atoms with E-state index in [2.05, 4.69) is 13.5 Å². The van der Waals surface area contributed by atoms with Gasteiger partial charge in [-0.3, -0.25) is 4.79 Å². The molecule has 352 valence electrons. The molecule has 0 unspecified atom stereocenters. The molecule has 0 aromatic carbocycles. The van der Waals surface area contributed by atoms with Crippen molar-refractivity contribution in [2.24, 2.45) is 0 Å². The zero-order valence-corrected chi connectivity index (χ0v) is 41.1. The first-order chi connectivity index (χ1) is 29.3. The van der Waals surface area contributed by atoms with Gasteiger partial charge in [0, 0.05) is 6.42 Å². The van der Waals surface area contributed by atoms with Gasteiger partial charge in [0.15, 0.2) is 0 Å². The van der Waals surface area contributed by atoms with Crippen LogP contribution in [0.25, 0.3) is 0 Å². The molecule has 0 bridgehead atoms. The van der Waals surface area contributed by atoms with Gasteiger partial charge in [-0.05, 0) is 6.42 Å². The minimum absolute atomic E-state index is 0.141. The molecule has 0 spiro atoms. The molecule has 0 aliphatic rings. The predicted molar refractivity (Wildman–Crippen MR) is 267 cm³/mol. The fourth-order valence-corrected chi connectivity index (χ4v) is 9.33. The summed E-state index contributed by atoms with van der Waals surface area (Å²) in [5, 5.41) is 0. The molecular formula is C57H112O2. The Morgan fingerprint density at radius 2 is 0.407 bits per heavy atom. The molecule has 0 aliphatic heterocycles. The Morgan fingerprint density at radius 1 is 0.271 bits per heavy atom. The van der Waals surface area contributed by atoms with Crippen LogP contribution in [0.3, 0.4) is 0 Å². The highest BCUT2D eigenvalue weighted by atomic mass is 16.5. The van der Waals surface area contributed by atoms with E-state index in [0.717, 1.165) is 12.8 Å². The number of rotatable bonds is 54. The summed E-state index contributed by atoms with van der Waals surface area (Å²) < 4.78 is 4.75. The van der Waals surface area contributed by atoms with Crippen LogP contribution in [0, 0.1) is 0 Å². The molecule has 0 fully saturated rings. The van der Waals surface area contributed by atoms with Crippen molar-refractivity contribution in [3.05, 3.63) is 12.8 Å². The zero-order chi connectivity index (χ0) is 42.5. The van der Waals surface area contributed by atoms with E-state index < -0.39 is 0 Å². The van der Waals surface area contributed by atoms with Gasteiger partial charge in [-0.25, -0.2) is 0 Å². The fourth-order valence-electron chi connectivity index (χ4n) is 9.33. The van der Waals surface area contributed by atoms with Crippen molar-refractivity contribution in [1.82, 2.24) is 0 Å². The highest BCUT2D eigenvalue weighted by Crippen LogP contribution is 2.19. The largest absolute Gasteiger partial charge is 0.435 e. The number of esters is 1. The molecule has 0 aromatic rings. The average Bonchev–Trinajstić information content (AvgIpc) is 3.24. The second-order valence-electron chi connectivity index (χ2n) is 19.4. The summed E-state index contributed by atoms with van der Waals surface area (Å²) in [6.45, 7) is 5.74. The monoisotopic (exact) mass is 829 g/mol. The van der Waals surface area contributed by atoms with Crippen molar-refractivity contribution in [2.75, 3.05) is 0 Å². The van der Waals surface area contributed by atoms with Crippen LogP contribution in [0.15, 0.2) is 12.8 Å². The summed E-state index contributed by atoms with van der Waals surface area (Å²) in [6, 6.07) is 0. The van der Waals surface area contributed by atoms with E-state index in [1.54, 1.807) is 0 Å². The Balaban J connectivity index is 3.07. The van der Waals surface area contributed by atoms with Crippen molar-refractivity contribution >= 4 is 5.97 Å². The van der Waals surface area contributed by atoms with Crippen molar-refractivity contribution in [3.63, 3.8) is 0 Å². The van der Waals surface area contributed by atoms with Crippen LogP contribution in [0.2, 0.25) is 0 Å². The van der Waals surface area contributed by atoms with E-state index >= 15 is 0 Å². The summed E-state index contributed by atoms with van der Waals surface area (Å²) in [7, 11) is 0. The van der Waals surface area contributed by atoms with E-state index in [1.165, 1.54) is 327 Å². The smallest absolute Gasteiger partial charge is 0.310 e. The van der Waals surface area contributed by atoms with Crippen LogP contribution in [-0.4, -0.2) is 5.97 Å². The SMILES string of the molecule is C=COC(=O)CCCCCCCCCCCCCCCCCCCCCCCCCCCCCCCCCCCCCCCCCCCCCCCCCCCCCC. The van der Waals surface area contributed by atoms with Gasteiger partial charge in [0.25, 0.3) is 0 Å². The molecule has 0 saturated carbocycles. The maximum atomic E-state index is 11.3. The van der Waals surface area contributed by atoms with Crippen molar-refractivity contribution in [2.45, 2.75) is 347 Å². The van der Waals surface area contributed by atoms with E-state index in [9.17, 15) is 4.79 Å². The number of carbonyl (C=O) groups excluding carboxylic acids is 1. The lowest BCUT2D eigenvalue weighted by Crippen LogP contribution is -1.98. The molecular weight excluding hydrogens is 717 g/mol. The standard InChI is InChI=1S/C57H112O2/c1-3-5-6-7-8-9-10-11-12-13-14-15-16-17-18-19-20-21-22-23-24-25-26-27-28-29-30-31-32-33-34-35-36-37-38-39-40-41-42-43-44-45-46-47-48-49-50-51-52-53-54-55-56-57(58)59-4-2/h4H,2-3,5-56H2,1H3. The molecule has 59 heavy (non-hydrogen) atoms. The summed E-state index contributed by atoms with van der Waals surface area (Å²) in [4.78, 5) is 11.3. The fraction of sp³-hybridized carbons (Fsp3) is 0.947. The third-order valence-electron chi connectivity index (χ3n) is 13.4. The van der Waals surface area contributed by atoms with Crippen molar-refractivity contribution in [1.29, 1.82) is 0 Å². The molecule has 0 rings (SSSR count). The third-order valence-corrected chi connectivity index (χ3v) is 13.4. The predicted octanol–water partition coefficient (Wildman–Crippen LogP) is 21.4. The molecule has 0 N–H and O–H groups in total. The normalized spacial score (nSPS) is 11.5. The van der Waals surface area contributed by atoms with Gasteiger partial charge in [-0.2, -0.15) is 0 Å². The molecule has 0 aliphatic carbocycles. The lowest BCUT2D eigenvalue weighted by molar-refractivity contribution is -0.138. The topological polar surface area (TPSA) is 26.3 Å². The van der Waals surface area contributed by atoms with Crippen LogP contribution in [0.1, 0.15) is 347 Å². The minimum Gasteiger partial charge on any atom is -0.435 e. The first-order valence-electron chi connectivity index (χ1n) is 28.1. The van der Waals surface area contributed by atoms with E-state index in [0.29, 0.717) is 6.42 Å². The summed E-state index contributed by atoms with van der Waals surface area (Å²) in [5.41, 5.74) is 0. The number of hydrogen-bond donors (Lipinski definition) is 0. The summed E-state index contributed by atoms with van der Waals surface area (Å²) in [5.74, 6) is -0.141. The van der Waals surface area contributed by atoms with Gasteiger partial charge in [0.05, 0.1) is 6.26 Å². The third kappa shape index (κ3) is 55.2. The lowest BCUT2D eigenvalue weighted by atomic mass is 10.0. The van der Waals surface area contributed by atoms with E-state index in [4.69, 9.17) is 4.74 Å². The van der Waals surface area contributed by atoms with Gasteiger partial charge in [0.1, 0.15) is 0 Å². The van der Waals surface area contributed by atoms with Crippen LogP contribution >= 0.6 is 0 Å². The number of hydrogen-bond acceptors (Lipinski definition) is 2. The Kier molecular flexibility index (Phi) is 54.5. The van der Waals surface area contributed by atoms with E-state index in [1.807, 2.05) is 0 Å². The lowest BCUT2D eigenvalue weighted by Gasteiger charge is -2.05. The second-order valence-corrected chi connectivity index (χ2v) is 19.4. The summed E-state index contributed by atoms with van der Waals surface area (Å²) in [6.07, 6.45) is 77.0. The maximum Gasteiger partial charge on any atom is 0.310 e. The Bertz CT molecular complexity index is 760. The maximum absolute atomic E-state index is 11.3. The zero-order valence-electron chi connectivity index (χ0n) is 41.1. The highest BCUT2D eigenvalue weighted by Gasteiger charge is 2.01. The van der Waals surface area contributed by atoms with Gasteiger partial charge < -0.3 is 4.74 Å². The van der Waals surface area contributed by atoms with Crippen LogP contribution in [0.5, 0.6) is 0 Å². The van der Waals surface area contributed by atoms with Crippen molar-refractivity contribution < 1.29 is 9.53 Å². The first kappa shape index (κ1) is 58.2. The van der Waals surface area contributed by atoms with Crippen LogP contribution in [0.4, 0.5) is 0 Å². The second kappa shape index (κ2) is 55.2. The van der Waals surface area contributed by atoms with Crippen LogP contribution < -0.4 is 0 Å². The molecule has 0 aromatic heterocycles. The molecule has 0 atom stereocenters. The molecule has 0 saturated heterocycles. The minimum atomic E-state index is -0.141. The Morgan fingerprint density at radius 3 is 0.542 bits per heavy atom.